The van der Waals surface area contributed by atoms with Crippen LogP contribution < -0.4 is 0 Å². The molecular formula is C25H38F2O. The Bertz CT molecular complexity index is 556. The first kappa shape index (κ1) is 23.1. The Morgan fingerprint density at radius 1 is 1.00 bits per heavy atom. The molecule has 1 nitrogen and oxygen atoms in total. The molecule has 0 atom stereocenters. The third-order valence-electron chi connectivity index (χ3n) is 6.01. The van der Waals surface area contributed by atoms with Crippen LogP contribution in [-0.4, -0.2) is 6.11 Å². The largest absolute Gasteiger partial charge is 0.356 e. The van der Waals surface area contributed by atoms with Crippen molar-refractivity contribution in [2.75, 3.05) is 0 Å². The minimum Gasteiger partial charge on any atom is -0.316 e. The molecule has 0 N–H and O–H groups in total. The summed E-state index contributed by atoms with van der Waals surface area (Å²) >= 11 is 0. The van der Waals surface area contributed by atoms with Crippen molar-refractivity contribution in [3.05, 3.63) is 47.5 Å². The van der Waals surface area contributed by atoms with Gasteiger partial charge in [-0.25, -0.2) is 0 Å². The van der Waals surface area contributed by atoms with Gasteiger partial charge in [-0.1, -0.05) is 69.0 Å². The summed E-state index contributed by atoms with van der Waals surface area (Å²) in [6.45, 7) is 4.22. The van der Waals surface area contributed by atoms with Gasteiger partial charge in [-0.3, -0.25) is 0 Å². The third kappa shape index (κ3) is 8.86. The Morgan fingerprint density at radius 3 is 2.29 bits per heavy atom. The SMILES string of the molecule is C/C=C/CCC1CCC(CC(F)(F)OCc2ccc(CCCCC)cc2)CC1. The highest BCUT2D eigenvalue weighted by Gasteiger charge is 2.35. The summed E-state index contributed by atoms with van der Waals surface area (Å²) in [6, 6.07) is 7.93. The number of rotatable bonds is 12. The van der Waals surface area contributed by atoms with E-state index in [1.807, 2.05) is 31.2 Å². The molecule has 0 heterocycles. The number of hydrogen-bond donors (Lipinski definition) is 0. The fourth-order valence-electron chi connectivity index (χ4n) is 4.19. The zero-order chi connectivity index (χ0) is 20.2. The molecule has 158 valence electrons. The summed E-state index contributed by atoms with van der Waals surface area (Å²) in [4.78, 5) is 0. The quantitative estimate of drug-likeness (QED) is 0.258. The molecule has 1 aliphatic carbocycles. The van der Waals surface area contributed by atoms with Crippen LogP contribution in [0.15, 0.2) is 36.4 Å². The first-order valence-corrected chi connectivity index (χ1v) is 11.2. The third-order valence-corrected chi connectivity index (χ3v) is 6.01. The Kier molecular flexibility index (Phi) is 10.2. The molecule has 1 aromatic carbocycles. The van der Waals surface area contributed by atoms with Gasteiger partial charge in [0.2, 0.25) is 0 Å². The van der Waals surface area contributed by atoms with E-state index < -0.39 is 6.11 Å². The van der Waals surface area contributed by atoms with Gasteiger partial charge in [0, 0.05) is 6.42 Å². The van der Waals surface area contributed by atoms with Gasteiger partial charge < -0.3 is 4.74 Å². The van der Waals surface area contributed by atoms with E-state index >= 15 is 0 Å². The van der Waals surface area contributed by atoms with E-state index in [0.29, 0.717) is 5.92 Å². The number of allylic oxidation sites excluding steroid dienone is 2. The fraction of sp³-hybridized carbons (Fsp3) is 0.680. The molecule has 1 aliphatic rings. The van der Waals surface area contributed by atoms with Crippen LogP contribution in [0.25, 0.3) is 0 Å². The molecule has 28 heavy (non-hydrogen) atoms. The summed E-state index contributed by atoms with van der Waals surface area (Å²) in [5.41, 5.74) is 2.10. The summed E-state index contributed by atoms with van der Waals surface area (Å²) in [5, 5.41) is 0. The molecule has 1 fully saturated rings. The highest BCUT2D eigenvalue weighted by molar-refractivity contribution is 5.22. The maximum absolute atomic E-state index is 14.3. The molecule has 0 radical (unpaired) electrons. The lowest BCUT2D eigenvalue weighted by Gasteiger charge is -2.30. The van der Waals surface area contributed by atoms with Crippen LogP contribution in [0.3, 0.4) is 0 Å². The minimum atomic E-state index is -3.03. The first-order chi connectivity index (χ1) is 13.5. The van der Waals surface area contributed by atoms with Crippen LogP contribution >= 0.6 is 0 Å². The van der Waals surface area contributed by atoms with Gasteiger partial charge in [0.15, 0.2) is 0 Å². The molecular weight excluding hydrogens is 354 g/mol. The highest BCUT2D eigenvalue weighted by atomic mass is 19.3. The van der Waals surface area contributed by atoms with E-state index in [1.165, 1.54) is 31.2 Å². The molecule has 1 aromatic rings. The van der Waals surface area contributed by atoms with Crippen molar-refractivity contribution in [2.24, 2.45) is 11.8 Å². The van der Waals surface area contributed by atoms with E-state index in [-0.39, 0.29) is 18.9 Å². The Morgan fingerprint density at radius 2 is 1.64 bits per heavy atom. The van der Waals surface area contributed by atoms with Gasteiger partial charge in [-0.2, -0.15) is 8.78 Å². The van der Waals surface area contributed by atoms with Crippen LogP contribution in [0.5, 0.6) is 0 Å². The molecule has 0 spiro atoms. The molecule has 2 rings (SSSR count). The fourth-order valence-corrected chi connectivity index (χ4v) is 4.19. The molecule has 0 unspecified atom stereocenters. The van der Waals surface area contributed by atoms with Gasteiger partial charge in [-0.05, 0) is 68.4 Å². The molecule has 3 heteroatoms. The summed E-state index contributed by atoms with van der Waals surface area (Å²) in [5.74, 6) is 0.798. The van der Waals surface area contributed by atoms with Crippen LogP contribution in [0, 0.1) is 11.8 Å². The molecule has 0 amide bonds. The average molecular weight is 393 g/mol. The molecule has 0 saturated heterocycles. The van der Waals surface area contributed by atoms with E-state index in [0.717, 1.165) is 44.1 Å². The lowest BCUT2D eigenvalue weighted by atomic mass is 9.78. The average Bonchev–Trinajstić information content (AvgIpc) is 2.69. The zero-order valence-corrected chi connectivity index (χ0v) is 17.8. The highest BCUT2D eigenvalue weighted by Crippen LogP contribution is 2.38. The van der Waals surface area contributed by atoms with Crippen molar-refractivity contribution in [3.63, 3.8) is 0 Å². The molecule has 0 aliphatic heterocycles. The monoisotopic (exact) mass is 392 g/mol. The Labute approximate surface area is 170 Å². The van der Waals surface area contributed by atoms with Crippen molar-refractivity contribution in [1.82, 2.24) is 0 Å². The maximum atomic E-state index is 14.3. The van der Waals surface area contributed by atoms with Crippen LogP contribution in [0.1, 0.15) is 89.2 Å². The van der Waals surface area contributed by atoms with Crippen LogP contribution in [0.4, 0.5) is 8.78 Å². The van der Waals surface area contributed by atoms with Crippen molar-refractivity contribution in [3.8, 4) is 0 Å². The number of aryl methyl sites for hydroxylation is 1. The van der Waals surface area contributed by atoms with Gasteiger partial charge in [-0.15, -0.1) is 0 Å². The second-order valence-electron chi connectivity index (χ2n) is 8.44. The summed E-state index contributed by atoms with van der Waals surface area (Å²) in [7, 11) is 0. The van der Waals surface area contributed by atoms with Gasteiger partial charge >= 0.3 is 6.11 Å². The van der Waals surface area contributed by atoms with Crippen molar-refractivity contribution in [1.29, 1.82) is 0 Å². The van der Waals surface area contributed by atoms with Crippen molar-refractivity contribution < 1.29 is 13.5 Å². The van der Waals surface area contributed by atoms with E-state index in [9.17, 15) is 8.78 Å². The maximum Gasteiger partial charge on any atom is 0.356 e. The van der Waals surface area contributed by atoms with Gasteiger partial charge in [0.25, 0.3) is 0 Å². The second kappa shape index (κ2) is 12.4. The van der Waals surface area contributed by atoms with Crippen LogP contribution in [-0.2, 0) is 17.8 Å². The smallest absolute Gasteiger partial charge is 0.316 e. The molecule has 0 aromatic heterocycles. The van der Waals surface area contributed by atoms with E-state index in [1.54, 1.807) is 0 Å². The zero-order valence-electron chi connectivity index (χ0n) is 17.8. The predicted molar refractivity (Wildman–Crippen MR) is 114 cm³/mol. The number of hydrogen-bond acceptors (Lipinski definition) is 1. The normalized spacial score (nSPS) is 20.7. The Balaban J connectivity index is 1.69. The number of unbranched alkanes of at least 4 members (excludes halogenated alkanes) is 2. The van der Waals surface area contributed by atoms with Gasteiger partial charge in [0.1, 0.15) is 0 Å². The number of alkyl halides is 2. The Hall–Kier alpha value is -1.22. The minimum absolute atomic E-state index is 0.0130. The molecule has 1 saturated carbocycles. The summed E-state index contributed by atoms with van der Waals surface area (Å²) < 4.78 is 33.6. The molecule has 0 bridgehead atoms. The number of ether oxygens (including phenoxy) is 1. The number of halogens is 2. The summed E-state index contributed by atoms with van der Waals surface area (Å²) in [6.07, 6.45) is 12.1. The predicted octanol–water partition coefficient (Wildman–Crippen LogP) is 8.08. The van der Waals surface area contributed by atoms with Crippen molar-refractivity contribution in [2.45, 2.75) is 97.2 Å². The second-order valence-corrected chi connectivity index (χ2v) is 8.44. The van der Waals surface area contributed by atoms with E-state index in [2.05, 4.69) is 19.1 Å². The van der Waals surface area contributed by atoms with E-state index in [4.69, 9.17) is 4.74 Å². The number of benzene rings is 1. The standard InChI is InChI=1S/C25H38F2O/c1-3-5-7-9-21-11-15-23(16-12-21)19-25(26,27)28-20-24-17-13-22(14-18-24)10-8-6-4-2/h3,5,13-14,17-18,21,23H,4,6-12,15-16,19-20H2,1-2H3/b5-3+. The lowest BCUT2D eigenvalue weighted by molar-refractivity contribution is -0.256. The van der Waals surface area contributed by atoms with Gasteiger partial charge in [0.05, 0.1) is 6.61 Å². The first-order valence-electron chi connectivity index (χ1n) is 11.2. The topological polar surface area (TPSA) is 9.23 Å². The van der Waals surface area contributed by atoms with Crippen molar-refractivity contribution >= 4 is 0 Å². The van der Waals surface area contributed by atoms with Crippen LogP contribution in [0.2, 0.25) is 0 Å². The lowest BCUT2D eigenvalue weighted by Crippen LogP contribution is -2.27.